The van der Waals surface area contributed by atoms with Crippen LogP contribution in [0, 0.1) is 17.8 Å². The van der Waals surface area contributed by atoms with Gasteiger partial charge in [0.1, 0.15) is 5.76 Å². The van der Waals surface area contributed by atoms with Gasteiger partial charge in [-0.1, -0.05) is 56.5 Å². The highest BCUT2D eigenvalue weighted by Crippen LogP contribution is 2.29. The van der Waals surface area contributed by atoms with Crippen LogP contribution in [0.25, 0.3) is 0 Å². The zero-order valence-electron chi connectivity index (χ0n) is 18.0. The zero-order valence-corrected chi connectivity index (χ0v) is 18.0. The molecule has 3 aliphatic rings. The van der Waals surface area contributed by atoms with Crippen LogP contribution in [-0.2, 0) is 17.6 Å². The van der Waals surface area contributed by atoms with Crippen LogP contribution in [0.5, 0.6) is 0 Å². The van der Waals surface area contributed by atoms with Gasteiger partial charge in [-0.05, 0) is 56.5 Å². The summed E-state index contributed by atoms with van der Waals surface area (Å²) in [6.45, 7) is 2.00. The Morgan fingerprint density at radius 2 is 1.76 bits per heavy atom. The monoisotopic (exact) mass is 401 g/mol. The molecule has 5 nitrogen and oxygen atoms in total. The molecule has 0 radical (unpaired) electrons. The van der Waals surface area contributed by atoms with E-state index in [2.05, 4.69) is 21.9 Å². The zero-order chi connectivity index (χ0) is 19.9. The molecule has 3 fully saturated rings. The first-order valence-corrected chi connectivity index (χ1v) is 12.2. The second kappa shape index (κ2) is 10.6. The third-order valence-electron chi connectivity index (χ3n) is 7.48. The molecule has 0 unspecified atom stereocenters. The van der Waals surface area contributed by atoms with E-state index in [0.29, 0.717) is 24.3 Å². The lowest BCUT2D eigenvalue weighted by Gasteiger charge is -2.32. The van der Waals surface area contributed by atoms with Crippen molar-refractivity contribution in [1.82, 2.24) is 15.8 Å². The van der Waals surface area contributed by atoms with Crippen LogP contribution in [0.3, 0.4) is 0 Å². The average Bonchev–Trinajstić information content (AvgIpc) is 3.18. The minimum Gasteiger partial charge on any atom is -0.361 e. The number of piperidine rings is 1. The Hall–Kier alpha value is -1.36. The van der Waals surface area contributed by atoms with E-state index in [1.807, 2.05) is 0 Å². The maximum Gasteiger partial charge on any atom is 0.220 e. The molecule has 0 spiro atoms. The Balaban J connectivity index is 1.27. The van der Waals surface area contributed by atoms with Crippen molar-refractivity contribution >= 4 is 5.91 Å². The van der Waals surface area contributed by atoms with Crippen molar-refractivity contribution in [3.8, 4) is 0 Å². The molecule has 2 saturated carbocycles. The molecule has 2 atom stereocenters. The highest BCUT2D eigenvalue weighted by molar-refractivity contribution is 5.76. The first-order valence-electron chi connectivity index (χ1n) is 12.2. The van der Waals surface area contributed by atoms with Gasteiger partial charge in [0.25, 0.3) is 0 Å². The van der Waals surface area contributed by atoms with E-state index in [0.717, 1.165) is 62.6 Å². The second-order valence-corrected chi connectivity index (χ2v) is 9.82. The lowest BCUT2D eigenvalue weighted by atomic mass is 9.80. The molecule has 1 aromatic heterocycles. The molecular weight excluding hydrogens is 362 g/mol. The van der Waals surface area contributed by atoms with Crippen molar-refractivity contribution in [2.75, 3.05) is 13.1 Å². The summed E-state index contributed by atoms with van der Waals surface area (Å²) in [5.74, 6) is 3.00. The quantitative estimate of drug-likeness (QED) is 0.710. The number of nitrogens with one attached hydrogen (secondary N) is 2. The summed E-state index contributed by atoms with van der Waals surface area (Å²) >= 11 is 0. The maximum atomic E-state index is 12.6. The smallest absolute Gasteiger partial charge is 0.220 e. The summed E-state index contributed by atoms with van der Waals surface area (Å²) < 4.78 is 5.68. The summed E-state index contributed by atoms with van der Waals surface area (Å²) in [5.41, 5.74) is 1.07. The predicted octanol–water partition coefficient (Wildman–Crippen LogP) is 4.40. The third kappa shape index (κ3) is 6.31. The second-order valence-electron chi connectivity index (χ2n) is 9.82. The van der Waals surface area contributed by atoms with Crippen molar-refractivity contribution < 1.29 is 9.32 Å². The van der Waals surface area contributed by atoms with Gasteiger partial charge in [-0.15, -0.1) is 0 Å². The first-order chi connectivity index (χ1) is 14.3. The molecule has 2 N–H and O–H groups in total. The van der Waals surface area contributed by atoms with Crippen molar-refractivity contribution in [2.45, 2.75) is 95.9 Å². The van der Waals surface area contributed by atoms with E-state index in [4.69, 9.17) is 4.52 Å². The molecule has 29 heavy (non-hydrogen) atoms. The lowest BCUT2D eigenvalue weighted by Crippen LogP contribution is -2.42. The van der Waals surface area contributed by atoms with Gasteiger partial charge in [0.2, 0.25) is 5.91 Å². The molecule has 1 saturated heterocycles. The van der Waals surface area contributed by atoms with Gasteiger partial charge in [-0.2, -0.15) is 0 Å². The lowest BCUT2D eigenvalue weighted by molar-refractivity contribution is -0.123. The minimum atomic E-state index is 0.256. The number of nitrogens with zero attached hydrogens (tertiary/aromatic N) is 1. The Kier molecular flexibility index (Phi) is 7.64. The standard InChI is InChI=1S/C24H39N3O2/c28-24(26-21-9-5-2-6-10-21)15-19-11-12-25-17-20(19)14-22-16-23(29-27-22)13-18-7-3-1-4-8-18/h16,18-21,25H,1-15,17H2,(H,26,28)/t19-,20+/m0/s1. The summed E-state index contributed by atoms with van der Waals surface area (Å²) in [5, 5.41) is 11.2. The molecule has 0 aromatic carbocycles. The van der Waals surface area contributed by atoms with E-state index < -0.39 is 0 Å². The molecule has 162 valence electrons. The first kappa shape index (κ1) is 20.9. The molecule has 1 aliphatic heterocycles. The summed E-state index contributed by atoms with van der Waals surface area (Å²) in [7, 11) is 0. The van der Waals surface area contributed by atoms with Gasteiger partial charge < -0.3 is 15.2 Å². The van der Waals surface area contributed by atoms with E-state index in [1.54, 1.807) is 0 Å². The summed E-state index contributed by atoms with van der Waals surface area (Å²) in [6.07, 6.45) is 16.7. The van der Waals surface area contributed by atoms with Crippen LogP contribution >= 0.6 is 0 Å². The van der Waals surface area contributed by atoms with Crippen molar-refractivity contribution in [3.05, 3.63) is 17.5 Å². The van der Waals surface area contributed by atoms with Crippen LogP contribution in [0.15, 0.2) is 10.6 Å². The fourth-order valence-electron chi connectivity index (χ4n) is 5.75. The van der Waals surface area contributed by atoms with Crippen molar-refractivity contribution in [1.29, 1.82) is 0 Å². The number of carbonyl (C=O) groups is 1. The fraction of sp³-hybridized carbons (Fsp3) is 0.833. The fourth-order valence-corrected chi connectivity index (χ4v) is 5.75. The largest absolute Gasteiger partial charge is 0.361 e. The molecule has 0 bridgehead atoms. The molecule has 2 heterocycles. The van der Waals surface area contributed by atoms with Crippen LogP contribution in [0.2, 0.25) is 0 Å². The van der Waals surface area contributed by atoms with Gasteiger partial charge in [0.15, 0.2) is 0 Å². The predicted molar refractivity (Wildman–Crippen MR) is 115 cm³/mol. The minimum absolute atomic E-state index is 0.256. The van der Waals surface area contributed by atoms with Crippen LogP contribution in [0.4, 0.5) is 0 Å². The Morgan fingerprint density at radius 1 is 1.00 bits per heavy atom. The van der Waals surface area contributed by atoms with Crippen molar-refractivity contribution in [3.63, 3.8) is 0 Å². The van der Waals surface area contributed by atoms with Gasteiger partial charge in [-0.25, -0.2) is 0 Å². The highest BCUT2D eigenvalue weighted by atomic mass is 16.5. The van der Waals surface area contributed by atoms with E-state index >= 15 is 0 Å². The number of aromatic nitrogens is 1. The summed E-state index contributed by atoms with van der Waals surface area (Å²) in [4.78, 5) is 12.6. The molecular formula is C24H39N3O2. The molecule has 1 aromatic rings. The SMILES string of the molecule is O=C(C[C@@H]1CCNC[C@H]1Cc1cc(CC2CCCCC2)on1)NC1CCCCC1. The Morgan fingerprint density at radius 3 is 2.55 bits per heavy atom. The van der Waals surface area contributed by atoms with Gasteiger partial charge >= 0.3 is 0 Å². The number of hydrogen-bond donors (Lipinski definition) is 2. The highest BCUT2D eigenvalue weighted by Gasteiger charge is 2.29. The number of hydrogen-bond acceptors (Lipinski definition) is 4. The van der Waals surface area contributed by atoms with Gasteiger partial charge in [0.05, 0.1) is 5.69 Å². The Labute approximate surface area is 175 Å². The van der Waals surface area contributed by atoms with Crippen LogP contribution < -0.4 is 10.6 Å². The summed E-state index contributed by atoms with van der Waals surface area (Å²) in [6, 6.07) is 2.59. The molecule has 4 rings (SSSR count). The maximum absolute atomic E-state index is 12.6. The Bertz CT molecular complexity index is 632. The van der Waals surface area contributed by atoms with E-state index in [1.165, 1.54) is 51.4 Å². The van der Waals surface area contributed by atoms with Gasteiger partial charge in [0, 0.05) is 24.9 Å². The van der Waals surface area contributed by atoms with Gasteiger partial charge in [-0.3, -0.25) is 4.79 Å². The average molecular weight is 402 g/mol. The number of carbonyl (C=O) groups excluding carboxylic acids is 1. The molecule has 1 amide bonds. The van der Waals surface area contributed by atoms with E-state index in [-0.39, 0.29) is 5.91 Å². The normalized spacial score (nSPS) is 27.0. The number of amides is 1. The van der Waals surface area contributed by atoms with Crippen LogP contribution in [-0.4, -0.2) is 30.2 Å². The number of rotatable bonds is 7. The van der Waals surface area contributed by atoms with Crippen LogP contribution in [0.1, 0.15) is 88.5 Å². The molecule has 2 aliphatic carbocycles. The van der Waals surface area contributed by atoms with E-state index in [9.17, 15) is 4.79 Å². The topological polar surface area (TPSA) is 67.2 Å². The third-order valence-corrected chi connectivity index (χ3v) is 7.48. The molecule has 5 heteroatoms. The van der Waals surface area contributed by atoms with Crippen molar-refractivity contribution in [2.24, 2.45) is 17.8 Å².